The molecule has 0 aliphatic rings. The molecule has 0 fully saturated rings. The molecule has 6 heteroatoms. The number of rotatable bonds is 3. The van der Waals surface area contributed by atoms with Gasteiger partial charge in [0.15, 0.2) is 17.5 Å². The normalized spacial score (nSPS) is 12.0. The van der Waals surface area contributed by atoms with E-state index in [1.165, 1.54) is 20.2 Å². The summed E-state index contributed by atoms with van der Waals surface area (Å²) in [4.78, 5) is 15.1. The minimum absolute atomic E-state index is 0.596. The van der Waals surface area contributed by atoms with Gasteiger partial charge in [0, 0.05) is 58.4 Å². The molecule has 0 unspecified atom stereocenters. The van der Waals surface area contributed by atoms with Gasteiger partial charge in [0.1, 0.15) is 22.3 Å². The number of aromatic nitrogens is 3. The maximum atomic E-state index is 6.45. The quantitative estimate of drug-likeness (QED) is 0.203. The predicted octanol–water partition coefficient (Wildman–Crippen LogP) is 11.0. The van der Waals surface area contributed by atoms with E-state index in [2.05, 4.69) is 72.8 Å². The molecule has 4 aromatic heterocycles. The number of fused-ring (bicyclic) bond motifs is 9. The summed E-state index contributed by atoms with van der Waals surface area (Å²) in [5.74, 6) is 1.87. The molecule has 0 spiro atoms. The van der Waals surface area contributed by atoms with Gasteiger partial charge in [-0.3, -0.25) is 0 Å². The molecular weight excluding hydrogens is 575 g/mol. The highest BCUT2D eigenvalue weighted by atomic mass is 32.1. The molecule has 10 rings (SSSR count). The van der Waals surface area contributed by atoms with Gasteiger partial charge in [-0.25, -0.2) is 15.0 Å². The molecule has 0 aliphatic carbocycles. The average Bonchev–Trinajstić information content (AvgIpc) is 3.77. The summed E-state index contributed by atoms with van der Waals surface area (Å²) in [6.45, 7) is 0. The molecule has 0 radical (unpaired) electrons. The van der Waals surface area contributed by atoms with Gasteiger partial charge in [-0.1, -0.05) is 84.9 Å². The van der Waals surface area contributed by atoms with Crippen LogP contribution in [0.2, 0.25) is 0 Å². The summed E-state index contributed by atoms with van der Waals surface area (Å²) < 4.78 is 15.0. The van der Waals surface area contributed by atoms with Crippen LogP contribution in [0.3, 0.4) is 0 Å². The number of thiophene rings is 1. The Morgan fingerprint density at radius 1 is 0.400 bits per heavy atom. The lowest BCUT2D eigenvalue weighted by Gasteiger charge is -2.09. The molecule has 0 saturated carbocycles. The van der Waals surface area contributed by atoms with Gasteiger partial charge in [0.05, 0.1) is 0 Å². The van der Waals surface area contributed by atoms with Crippen molar-refractivity contribution in [3.63, 3.8) is 0 Å². The van der Waals surface area contributed by atoms with Gasteiger partial charge in [0.25, 0.3) is 0 Å². The lowest BCUT2D eigenvalue weighted by atomic mass is 10.1. The van der Waals surface area contributed by atoms with Gasteiger partial charge in [-0.15, -0.1) is 11.3 Å². The number of furan rings is 2. The lowest BCUT2D eigenvalue weighted by Crippen LogP contribution is -2.00. The smallest absolute Gasteiger partial charge is 0.165 e. The summed E-state index contributed by atoms with van der Waals surface area (Å²) in [6, 6.07) is 43.4. The fourth-order valence-electron chi connectivity index (χ4n) is 6.40. The Hall–Kier alpha value is -5.85. The molecule has 0 aliphatic heterocycles. The second-order valence-corrected chi connectivity index (χ2v) is 12.3. The Balaban J connectivity index is 1.18. The van der Waals surface area contributed by atoms with Crippen molar-refractivity contribution in [1.82, 2.24) is 15.0 Å². The molecule has 0 bridgehead atoms. The van der Waals surface area contributed by atoms with Crippen LogP contribution in [0.5, 0.6) is 0 Å². The first kappa shape index (κ1) is 24.6. The summed E-state index contributed by atoms with van der Waals surface area (Å²) >= 11 is 1.77. The van der Waals surface area contributed by atoms with E-state index in [1.807, 2.05) is 54.6 Å². The first-order valence-electron chi connectivity index (χ1n) is 14.8. The third kappa shape index (κ3) is 3.76. The fourth-order valence-corrected chi connectivity index (χ4v) is 7.61. The SMILES string of the molecule is c1ccc(-c2nc(-c3ccc4c(c3)oc3cc5c(cc34)oc3ccccc35)nc(-c3cccc4c3sc3ccccc34)n2)cc1. The second-order valence-electron chi connectivity index (χ2n) is 11.2. The standard InChI is InChI=1S/C39H21N3O2S/c1-2-9-22(10-3-1)37-40-38(42-39(41-37)28-14-8-13-27-26-12-5-7-16-35(26)45-36(27)28)23-17-18-25-30-21-33-29(20-34(30)44-32(25)19-23)24-11-4-6-15-31(24)43-33/h1-21H. The van der Waals surface area contributed by atoms with E-state index in [0.29, 0.717) is 17.5 Å². The Morgan fingerprint density at radius 3 is 1.87 bits per heavy atom. The van der Waals surface area contributed by atoms with Crippen LogP contribution in [0.15, 0.2) is 136 Å². The summed E-state index contributed by atoms with van der Waals surface area (Å²) in [5, 5.41) is 6.60. The first-order valence-corrected chi connectivity index (χ1v) is 15.6. The molecule has 10 aromatic rings. The summed E-state index contributed by atoms with van der Waals surface area (Å²) in [6.07, 6.45) is 0. The first-order chi connectivity index (χ1) is 22.3. The van der Waals surface area contributed by atoms with Crippen molar-refractivity contribution in [3.05, 3.63) is 127 Å². The zero-order chi connectivity index (χ0) is 29.5. The molecule has 0 atom stereocenters. The van der Waals surface area contributed by atoms with Gasteiger partial charge >= 0.3 is 0 Å². The lowest BCUT2D eigenvalue weighted by molar-refractivity contribution is 0.664. The third-order valence-corrected chi connectivity index (χ3v) is 9.76. The van der Waals surface area contributed by atoms with Crippen molar-refractivity contribution in [2.75, 3.05) is 0 Å². The van der Waals surface area contributed by atoms with Crippen LogP contribution in [0.1, 0.15) is 0 Å². The monoisotopic (exact) mass is 595 g/mol. The van der Waals surface area contributed by atoms with Crippen molar-refractivity contribution in [1.29, 1.82) is 0 Å². The number of hydrogen-bond donors (Lipinski definition) is 0. The maximum absolute atomic E-state index is 6.45. The van der Waals surface area contributed by atoms with Crippen LogP contribution in [-0.2, 0) is 0 Å². The molecule has 210 valence electrons. The Morgan fingerprint density at radius 2 is 1.02 bits per heavy atom. The molecule has 0 amide bonds. The van der Waals surface area contributed by atoms with Gasteiger partial charge in [-0.05, 0) is 42.5 Å². The second kappa shape index (κ2) is 9.32. The summed E-state index contributed by atoms with van der Waals surface area (Å²) in [7, 11) is 0. The fraction of sp³-hybridized carbons (Fsp3) is 0. The highest BCUT2D eigenvalue weighted by Gasteiger charge is 2.18. The van der Waals surface area contributed by atoms with Crippen molar-refractivity contribution in [3.8, 4) is 34.2 Å². The molecule has 5 nitrogen and oxygen atoms in total. The number of benzene rings is 6. The highest BCUT2D eigenvalue weighted by molar-refractivity contribution is 7.26. The van der Waals surface area contributed by atoms with Gasteiger partial charge in [-0.2, -0.15) is 0 Å². The average molecular weight is 596 g/mol. The molecule has 0 N–H and O–H groups in total. The predicted molar refractivity (Wildman–Crippen MR) is 184 cm³/mol. The van der Waals surface area contributed by atoms with Crippen LogP contribution in [0, 0.1) is 0 Å². The summed E-state index contributed by atoms with van der Waals surface area (Å²) in [5.41, 5.74) is 6.10. The minimum Gasteiger partial charge on any atom is -0.456 e. The zero-order valence-electron chi connectivity index (χ0n) is 23.7. The number of para-hydroxylation sites is 1. The number of hydrogen-bond acceptors (Lipinski definition) is 6. The van der Waals surface area contributed by atoms with Gasteiger partial charge in [0.2, 0.25) is 0 Å². The van der Waals surface area contributed by atoms with Crippen LogP contribution in [0.4, 0.5) is 0 Å². The van der Waals surface area contributed by atoms with Gasteiger partial charge < -0.3 is 8.83 Å². The minimum atomic E-state index is 0.596. The van der Waals surface area contributed by atoms with E-state index in [-0.39, 0.29) is 0 Å². The Bertz CT molecular complexity index is 2770. The van der Waals surface area contributed by atoms with Crippen LogP contribution >= 0.6 is 11.3 Å². The Labute approximate surface area is 260 Å². The van der Waals surface area contributed by atoms with E-state index >= 15 is 0 Å². The topological polar surface area (TPSA) is 65.0 Å². The molecule has 45 heavy (non-hydrogen) atoms. The van der Waals surface area contributed by atoms with E-state index in [1.54, 1.807) is 11.3 Å². The van der Waals surface area contributed by atoms with Crippen molar-refractivity contribution in [2.45, 2.75) is 0 Å². The van der Waals surface area contributed by atoms with E-state index in [9.17, 15) is 0 Å². The zero-order valence-corrected chi connectivity index (χ0v) is 24.5. The van der Waals surface area contributed by atoms with Crippen LogP contribution in [-0.4, -0.2) is 15.0 Å². The maximum Gasteiger partial charge on any atom is 0.165 e. The highest BCUT2D eigenvalue weighted by Crippen LogP contribution is 2.41. The molecule has 0 saturated heterocycles. The van der Waals surface area contributed by atoms with E-state index < -0.39 is 0 Å². The van der Waals surface area contributed by atoms with Crippen LogP contribution in [0.25, 0.3) is 98.2 Å². The molecular formula is C39H21N3O2S. The van der Waals surface area contributed by atoms with Crippen LogP contribution < -0.4 is 0 Å². The van der Waals surface area contributed by atoms with E-state index in [4.69, 9.17) is 23.8 Å². The van der Waals surface area contributed by atoms with Crippen molar-refractivity contribution >= 4 is 75.4 Å². The molecule has 6 aromatic carbocycles. The van der Waals surface area contributed by atoms with Crippen molar-refractivity contribution < 1.29 is 8.83 Å². The number of nitrogens with zero attached hydrogens (tertiary/aromatic N) is 3. The van der Waals surface area contributed by atoms with E-state index in [0.717, 1.165) is 60.6 Å². The largest absolute Gasteiger partial charge is 0.456 e. The third-order valence-electron chi connectivity index (χ3n) is 8.54. The Kier molecular flexibility index (Phi) is 5.09. The molecule has 4 heterocycles. The van der Waals surface area contributed by atoms with Crippen molar-refractivity contribution in [2.24, 2.45) is 0 Å².